The fourth-order valence-corrected chi connectivity index (χ4v) is 0.523. The zero-order valence-electron chi connectivity index (χ0n) is 5.13. The van der Waals surface area contributed by atoms with E-state index in [0.717, 1.165) is 4.64 Å². The van der Waals surface area contributed by atoms with Gasteiger partial charge in [-0.1, -0.05) is 18.3 Å². The zero-order chi connectivity index (χ0) is 7.11. The Morgan fingerprint density at radius 2 is 2.00 bits per heavy atom. The highest BCUT2D eigenvalue weighted by Crippen LogP contribution is 1.80. The molecule has 9 heavy (non-hydrogen) atoms. The maximum Gasteiger partial charge on any atom is 0.103 e. The van der Waals surface area contributed by atoms with Crippen LogP contribution in [0.3, 0.4) is 0 Å². The molecule has 0 aliphatic heterocycles. The minimum absolute atomic E-state index is 0.780. The first-order valence-electron chi connectivity index (χ1n) is 2.53. The van der Waals surface area contributed by atoms with E-state index in [0.29, 0.717) is 0 Å². The maximum atomic E-state index is 4.76. The lowest BCUT2D eigenvalue weighted by Gasteiger charge is -1.76. The number of nitrogens with one attached hydrogen (secondary N) is 1. The Morgan fingerprint density at radius 3 is 2.22 bits per heavy atom. The van der Waals surface area contributed by atoms with E-state index in [1.165, 1.54) is 0 Å². The summed E-state index contributed by atoms with van der Waals surface area (Å²) in [5, 5.41) is 0. The van der Waals surface area contributed by atoms with Gasteiger partial charge in [-0.2, -0.15) is 0 Å². The molecule has 48 valence electrons. The molecule has 0 radical (unpaired) electrons. The van der Waals surface area contributed by atoms with Crippen molar-refractivity contribution in [2.24, 2.45) is 0 Å². The molecule has 0 unspecified atom stereocenters. The normalized spacial score (nSPS) is 7.11. The highest BCUT2D eigenvalue weighted by Gasteiger charge is 1.65. The van der Waals surface area contributed by atoms with Crippen LogP contribution in [0.1, 0.15) is 0 Å². The van der Waals surface area contributed by atoms with Crippen molar-refractivity contribution in [1.29, 1.82) is 0 Å². The molecule has 0 fully saturated rings. The molecule has 0 saturated heterocycles. The lowest BCUT2D eigenvalue weighted by Crippen LogP contribution is -1.64. The van der Waals surface area contributed by atoms with E-state index in [-0.39, 0.29) is 0 Å². The Labute approximate surface area is 60.1 Å². The van der Waals surface area contributed by atoms with E-state index in [4.69, 9.17) is 12.2 Å². The second kappa shape index (κ2) is 5.25. The second-order valence-electron chi connectivity index (χ2n) is 1.23. The molecule has 1 aromatic heterocycles. The molecule has 1 N–H and O–H groups in total. The third-order valence-corrected chi connectivity index (χ3v) is 0.934. The minimum Gasteiger partial charge on any atom is -0.353 e. The van der Waals surface area contributed by atoms with Gasteiger partial charge in [0.2, 0.25) is 0 Å². The Kier molecular flexibility index (Phi) is 4.73. The fourth-order valence-electron chi connectivity index (χ4n) is 0.377. The molecular formula is C7H9NS. The van der Waals surface area contributed by atoms with Crippen LogP contribution in [-0.2, 0) is 0 Å². The van der Waals surface area contributed by atoms with Crippen molar-refractivity contribution < 1.29 is 0 Å². The lowest BCUT2D eigenvalue weighted by atomic mass is 10.5. The van der Waals surface area contributed by atoms with Crippen molar-refractivity contribution in [2.45, 2.75) is 0 Å². The van der Waals surface area contributed by atoms with E-state index in [2.05, 4.69) is 18.1 Å². The number of hydrogen-bond donors (Lipinski definition) is 1. The van der Waals surface area contributed by atoms with Crippen LogP contribution >= 0.6 is 12.2 Å². The third-order valence-electron chi connectivity index (χ3n) is 0.681. The summed E-state index contributed by atoms with van der Waals surface area (Å²) < 4.78 is 0.780. The van der Waals surface area contributed by atoms with Crippen molar-refractivity contribution in [2.75, 3.05) is 0 Å². The monoisotopic (exact) mass is 139 g/mol. The number of H-pyrrole nitrogens is 1. The van der Waals surface area contributed by atoms with Crippen LogP contribution in [0.15, 0.2) is 37.6 Å². The topological polar surface area (TPSA) is 15.8 Å². The van der Waals surface area contributed by atoms with Crippen molar-refractivity contribution in [1.82, 2.24) is 4.98 Å². The summed E-state index contributed by atoms with van der Waals surface area (Å²) >= 11 is 4.76. The molecule has 0 aliphatic carbocycles. The van der Waals surface area contributed by atoms with Gasteiger partial charge in [0.05, 0.1) is 0 Å². The molecule has 1 aromatic rings. The Morgan fingerprint density at radius 1 is 1.33 bits per heavy atom. The number of rotatable bonds is 0. The van der Waals surface area contributed by atoms with Crippen LogP contribution in [0.25, 0.3) is 0 Å². The van der Waals surface area contributed by atoms with E-state index < -0.39 is 0 Å². The Balaban J connectivity index is 0.000000291. The van der Waals surface area contributed by atoms with Gasteiger partial charge in [-0.3, -0.25) is 0 Å². The third kappa shape index (κ3) is 3.67. The first-order chi connectivity index (χ1) is 4.39. The van der Waals surface area contributed by atoms with Crippen molar-refractivity contribution in [3.8, 4) is 0 Å². The number of pyridine rings is 1. The predicted octanol–water partition coefficient (Wildman–Crippen LogP) is 2.55. The van der Waals surface area contributed by atoms with E-state index >= 15 is 0 Å². The van der Waals surface area contributed by atoms with Crippen LogP contribution in [0, 0.1) is 4.64 Å². The summed E-state index contributed by atoms with van der Waals surface area (Å²) in [6, 6.07) is 5.64. The van der Waals surface area contributed by atoms with Crippen LogP contribution in [-0.4, -0.2) is 4.98 Å². The van der Waals surface area contributed by atoms with Crippen LogP contribution in [0.4, 0.5) is 0 Å². The minimum atomic E-state index is 0.780. The van der Waals surface area contributed by atoms with Crippen LogP contribution in [0.5, 0.6) is 0 Å². The Bertz CT molecular complexity index is 187. The zero-order valence-corrected chi connectivity index (χ0v) is 5.95. The van der Waals surface area contributed by atoms with E-state index in [1.54, 1.807) is 0 Å². The largest absolute Gasteiger partial charge is 0.353 e. The molecule has 1 nitrogen and oxygen atoms in total. The van der Waals surface area contributed by atoms with Gasteiger partial charge in [0, 0.05) is 6.20 Å². The highest BCUT2D eigenvalue weighted by atomic mass is 32.1. The molecule has 0 aromatic carbocycles. The van der Waals surface area contributed by atoms with Gasteiger partial charge in [0.25, 0.3) is 0 Å². The number of aromatic nitrogens is 1. The molecule has 1 heterocycles. The molecular weight excluding hydrogens is 130 g/mol. The van der Waals surface area contributed by atoms with Crippen molar-refractivity contribution >= 4 is 12.2 Å². The quantitative estimate of drug-likeness (QED) is 0.431. The van der Waals surface area contributed by atoms with Gasteiger partial charge in [0.1, 0.15) is 4.64 Å². The molecule has 0 saturated carbocycles. The fraction of sp³-hybridized carbons (Fsp3) is 0. The smallest absolute Gasteiger partial charge is 0.103 e. The standard InChI is InChI=1S/C5H5NS.C2H4/c7-5-3-1-2-4-6-5;1-2/h1-4H,(H,6,7);1-2H2. The van der Waals surface area contributed by atoms with E-state index in [9.17, 15) is 0 Å². The highest BCUT2D eigenvalue weighted by molar-refractivity contribution is 7.71. The lowest BCUT2D eigenvalue weighted by molar-refractivity contribution is 1.30. The molecule has 2 heteroatoms. The summed E-state index contributed by atoms with van der Waals surface area (Å²) in [7, 11) is 0. The molecule has 0 spiro atoms. The summed E-state index contributed by atoms with van der Waals surface area (Å²) in [5.41, 5.74) is 0. The second-order valence-corrected chi connectivity index (χ2v) is 1.67. The van der Waals surface area contributed by atoms with Crippen LogP contribution in [0.2, 0.25) is 0 Å². The van der Waals surface area contributed by atoms with Gasteiger partial charge in [-0.05, 0) is 12.1 Å². The molecule has 0 bridgehead atoms. The van der Waals surface area contributed by atoms with Gasteiger partial charge in [0.15, 0.2) is 0 Å². The van der Waals surface area contributed by atoms with Gasteiger partial charge < -0.3 is 4.98 Å². The van der Waals surface area contributed by atoms with Crippen molar-refractivity contribution in [3.63, 3.8) is 0 Å². The summed E-state index contributed by atoms with van der Waals surface area (Å²) in [6.07, 6.45) is 1.81. The number of hydrogen-bond acceptors (Lipinski definition) is 1. The predicted molar refractivity (Wildman–Crippen MR) is 42.9 cm³/mol. The van der Waals surface area contributed by atoms with Gasteiger partial charge in [-0.25, -0.2) is 0 Å². The maximum absolute atomic E-state index is 4.76. The van der Waals surface area contributed by atoms with Gasteiger partial charge in [-0.15, -0.1) is 13.2 Å². The molecule has 0 atom stereocenters. The first kappa shape index (κ1) is 8.11. The van der Waals surface area contributed by atoms with Crippen LogP contribution < -0.4 is 0 Å². The van der Waals surface area contributed by atoms with E-state index in [1.807, 2.05) is 24.4 Å². The van der Waals surface area contributed by atoms with Gasteiger partial charge >= 0.3 is 0 Å². The average Bonchev–Trinajstić information content (AvgIpc) is 1.94. The Hall–Kier alpha value is -0.890. The summed E-state index contributed by atoms with van der Waals surface area (Å²) in [5.74, 6) is 0. The molecule has 1 rings (SSSR count). The summed E-state index contributed by atoms with van der Waals surface area (Å²) in [6.45, 7) is 6.00. The first-order valence-corrected chi connectivity index (χ1v) is 2.94. The number of aromatic amines is 1. The summed E-state index contributed by atoms with van der Waals surface area (Å²) in [4.78, 5) is 2.85. The SMILES string of the molecule is C=C.S=c1cccc[nH]1. The average molecular weight is 139 g/mol. The molecule has 0 aliphatic rings. The molecule has 0 amide bonds. The van der Waals surface area contributed by atoms with Crippen molar-refractivity contribution in [3.05, 3.63) is 42.2 Å².